The van der Waals surface area contributed by atoms with Crippen molar-refractivity contribution in [3.8, 4) is 0 Å². The van der Waals surface area contributed by atoms with Crippen molar-refractivity contribution in [3.05, 3.63) is 109 Å². The van der Waals surface area contributed by atoms with Gasteiger partial charge in [0, 0.05) is 19.4 Å². The Kier molecular flexibility index (Phi) is 39.8. The highest BCUT2D eigenvalue weighted by molar-refractivity contribution is 7.47. The first-order valence-corrected chi connectivity index (χ1v) is 22.9. The van der Waals surface area contributed by atoms with E-state index in [0.717, 1.165) is 77.0 Å². The Bertz CT molecular complexity index is 1290. The molecule has 0 spiro atoms. The van der Waals surface area contributed by atoms with Crippen LogP contribution >= 0.6 is 7.82 Å². The Morgan fingerprint density at radius 3 is 1.46 bits per heavy atom. The Morgan fingerprint density at radius 2 is 0.982 bits per heavy atom. The summed E-state index contributed by atoms with van der Waals surface area (Å²) in [4.78, 5) is 34.8. The van der Waals surface area contributed by atoms with Gasteiger partial charge < -0.3 is 20.1 Å². The van der Waals surface area contributed by atoms with E-state index in [1.165, 1.54) is 19.3 Å². The number of hydrogen-bond acceptors (Lipinski definition) is 8. The molecule has 322 valence electrons. The SMILES string of the molecule is CC/C=C/C/C=C/C/C=C/C/C=C/C/C=C/CCCCCC(=O)OC[C@H](COP(=O)(O)OCCN)OC(=O)CCC/C=C/C/C=C/C/C=C/C/C=C/CCCCC. The van der Waals surface area contributed by atoms with Gasteiger partial charge in [-0.15, -0.1) is 0 Å². The molecule has 3 N–H and O–H groups in total. The number of phosphoric acid groups is 1. The number of unbranched alkanes of at least 4 members (excludes halogenated alkanes) is 7. The van der Waals surface area contributed by atoms with Gasteiger partial charge in [-0.1, -0.05) is 142 Å². The second kappa shape index (κ2) is 42.3. The van der Waals surface area contributed by atoms with Gasteiger partial charge in [0.2, 0.25) is 0 Å². The highest BCUT2D eigenvalue weighted by Gasteiger charge is 2.25. The summed E-state index contributed by atoms with van der Waals surface area (Å²) in [6, 6.07) is 0. The van der Waals surface area contributed by atoms with Crippen molar-refractivity contribution in [1.29, 1.82) is 0 Å². The Morgan fingerprint density at radius 1 is 0.544 bits per heavy atom. The van der Waals surface area contributed by atoms with E-state index in [9.17, 15) is 19.0 Å². The number of hydrogen-bond donors (Lipinski definition) is 2. The predicted octanol–water partition coefficient (Wildman–Crippen LogP) is 12.4. The first-order chi connectivity index (χ1) is 27.8. The molecule has 0 aliphatic heterocycles. The minimum atomic E-state index is -4.41. The molecule has 0 aliphatic rings. The van der Waals surface area contributed by atoms with Crippen LogP contribution in [0.25, 0.3) is 0 Å². The van der Waals surface area contributed by atoms with Crippen LogP contribution in [0.15, 0.2) is 109 Å². The van der Waals surface area contributed by atoms with Crippen molar-refractivity contribution >= 4 is 19.8 Å². The maximum atomic E-state index is 12.6. The van der Waals surface area contributed by atoms with E-state index in [-0.39, 0.29) is 32.6 Å². The summed E-state index contributed by atoms with van der Waals surface area (Å²) in [5.41, 5.74) is 5.34. The number of ether oxygens (including phenoxy) is 2. The topological polar surface area (TPSA) is 134 Å². The zero-order valence-corrected chi connectivity index (χ0v) is 36.2. The molecule has 57 heavy (non-hydrogen) atoms. The van der Waals surface area contributed by atoms with E-state index in [2.05, 4.69) is 117 Å². The molecule has 9 nitrogen and oxygen atoms in total. The lowest BCUT2D eigenvalue weighted by atomic mass is 10.1. The molecule has 0 heterocycles. The molecule has 0 saturated heterocycles. The van der Waals surface area contributed by atoms with Gasteiger partial charge in [0.15, 0.2) is 6.10 Å². The molecule has 0 aromatic carbocycles. The standard InChI is InChI=1S/C47H76NO8P/c1-3-5-7-9-11-13-15-17-19-21-22-24-25-27-29-31-33-35-37-39-46(49)53-43-45(44-55-57(51,52)54-42-41-48)56-47(50)40-38-36-34-32-30-28-26-23-20-18-16-14-12-10-8-6-4-2/h5,7,11-14,17-20,22,24,26-29,32,34,45H,3-4,6,8-10,15-16,21,23,25,30-31,33,35-44,48H2,1-2H3,(H,51,52)/b7-5+,13-11+,14-12+,19-17+,20-18+,24-22+,28-26+,29-27+,34-32+/t45-/m1/s1. The van der Waals surface area contributed by atoms with Crippen LogP contribution in [0.4, 0.5) is 0 Å². The van der Waals surface area contributed by atoms with Crippen molar-refractivity contribution < 1.29 is 37.6 Å². The van der Waals surface area contributed by atoms with Crippen LogP contribution in [-0.2, 0) is 32.7 Å². The summed E-state index contributed by atoms with van der Waals surface area (Å²) in [7, 11) is -4.41. The summed E-state index contributed by atoms with van der Waals surface area (Å²) in [6.07, 6.45) is 55.5. The third kappa shape index (κ3) is 42.1. The number of rotatable bonds is 38. The van der Waals surface area contributed by atoms with Crippen LogP contribution in [-0.4, -0.2) is 49.3 Å². The van der Waals surface area contributed by atoms with Crippen molar-refractivity contribution in [2.24, 2.45) is 5.73 Å². The lowest BCUT2D eigenvalue weighted by Gasteiger charge is -2.19. The van der Waals surface area contributed by atoms with Gasteiger partial charge >= 0.3 is 19.8 Å². The minimum absolute atomic E-state index is 0.0334. The number of phosphoric ester groups is 1. The normalized spacial score (nSPS) is 14.4. The Labute approximate surface area is 346 Å². The number of carbonyl (C=O) groups excluding carboxylic acids is 2. The molecule has 1 unspecified atom stereocenters. The first kappa shape index (κ1) is 53.7. The Balaban J connectivity index is 4.35. The number of nitrogens with two attached hydrogens (primary N) is 1. The van der Waals surface area contributed by atoms with E-state index in [1.807, 2.05) is 6.08 Å². The molecule has 2 atom stereocenters. The molecule has 0 bridgehead atoms. The second-order valence-electron chi connectivity index (χ2n) is 13.5. The second-order valence-corrected chi connectivity index (χ2v) is 14.9. The summed E-state index contributed by atoms with van der Waals surface area (Å²) in [5.74, 6) is -0.945. The zero-order chi connectivity index (χ0) is 41.8. The van der Waals surface area contributed by atoms with Gasteiger partial charge in [-0.3, -0.25) is 18.6 Å². The smallest absolute Gasteiger partial charge is 0.462 e. The molecule has 0 amide bonds. The largest absolute Gasteiger partial charge is 0.472 e. The molecular formula is C47H76NO8P. The van der Waals surface area contributed by atoms with E-state index in [4.69, 9.17) is 24.3 Å². The minimum Gasteiger partial charge on any atom is -0.462 e. The molecule has 0 fully saturated rings. The van der Waals surface area contributed by atoms with Crippen molar-refractivity contribution in [2.75, 3.05) is 26.4 Å². The van der Waals surface area contributed by atoms with Crippen LogP contribution < -0.4 is 5.73 Å². The summed E-state index contributed by atoms with van der Waals surface area (Å²) in [5, 5.41) is 0. The van der Waals surface area contributed by atoms with Gasteiger partial charge in [0.05, 0.1) is 13.2 Å². The average molecular weight is 814 g/mol. The maximum absolute atomic E-state index is 12.6. The van der Waals surface area contributed by atoms with E-state index >= 15 is 0 Å². The fraction of sp³-hybridized carbons (Fsp3) is 0.574. The molecule has 0 aliphatic carbocycles. The maximum Gasteiger partial charge on any atom is 0.472 e. The monoisotopic (exact) mass is 814 g/mol. The molecule has 0 radical (unpaired) electrons. The highest BCUT2D eigenvalue weighted by Crippen LogP contribution is 2.43. The van der Waals surface area contributed by atoms with Gasteiger partial charge in [-0.2, -0.15) is 0 Å². The van der Waals surface area contributed by atoms with Crippen LogP contribution in [0.5, 0.6) is 0 Å². The number of esters is 2. The van der Waals surface area contributed by atoms with Gasteiger partial charge in [-0.05, 0) is 96.3 Å². The lowest BCUT2D eigenvalue weighted by molar-refractivity contribution is -0.161. The van der Waals surface area contributed by atoms with Crippen LogP contribution in [0.2, 0.25) is 0 Å². The summed E-state index contributed by atoms with van der Waals surface area (Å²) < 4.78 is 32.7. The molecule has 0 aromatic rings. The highest BCUT2D eigenvalue weighted by atomic mass is 31.2. The Hall–Kier alpha value is -3.33. The quantitative estimate of drug-likeness (QED) is 0.0270. The van der Waals surface area contributed by atoms with Crippen LogP contribution in [0, 0.1) is 0 Å². The van der Waals surface area contributed by atoms with E-state index < -0.39 is 32.5 Å². The van der Waals surface area contributed by atoms with E-state index in [1.54, 1.807) is 0 Å². The van der Waals surface area contributed by atoms with E-state index in [0.29, 0.717) is 19.3 Å². The third-order valence-corrected chi connectivity index (χ3v) is 9.13. The summed E-state index contributed by atoms with van der Waals surface area (Å²) in [6.45, 7) is 3.45. The fourth-order valence-corrected chi connectivity index (χ4v) is 5.77. The van der Waals surface area contributed by atoms with Crippen molar-refractivity contribution in [1.82, 2.24) is 0 Å². The third-order valence-electron chi connectivity index (χ3n) is 8.14. The molecule has 0 aromatic heterocycles. The molecule has 0 saturated carbocycles. The van der Waals surface area contributed by atoms with Crippen LogP contribution in [0.1, 0.15) is 142 Å². The average Bonchev–Trinajstić information content (AvgIpc) is 3.20. The number of carbonyl (C=O) groups is 2. The summed E-state index contributed by atoms with van der Waals surface area (Å²) >= 11 is 0. The molecule has 10 heteroatoms. The fourth-order valence-electron chi connectivity index (χ4n) is 5.00. The number of allylic oxidation sites excluding steroid dienone is 18. The van der Waals surface area contributed by atoms with Gasteiger partial charge in [0.25, 0.3) is 0 Å². The van der Waals surface area contributed by atoms with Crippen LogP contribution in [0.3, 0.4) is 0 Å². The van der Waals surface area contributed by atoms with Crippen molar-refractivity contribution in [2.45, 2.75) is 148 Å². The zero-order valence-electron chi connectivity index (χ0n) is 35.3. The molecular weight excluding hydrogens is 737 g/mol. The molecule has 0 rings (SSSR count). The van der Waals surface area contributed by atoms with Crippen molar-refractivity contribution in [3.63, 3.8) is 0 Å². The van der Waals surface area contributed by atoms with Gasteiger partial charge in [0.1, 0.15) is 6.61 Å². The predicted molar refractivity (Wildman–Crippen MR) is 238 cm³/mol. The van der Waals surface area contributed by atoms with Gasteiger partial charge in [-0.25, -0.2) is 4.57 Å². The first-order valence-electron chi connectivity index (χ1n) is 21.4. The lowest BCUT2D eigenvalue weighted by Crippen LogP contribution is -2.29.